The van der Waals surface area contributed by atoms with Crippen molar-refractivity contribution < 1.29 is 9.31 Å². The average Bonchev–Trinajstić information content (AvgIpc) is 2.48. The smallest absolute Gasteiger partial charge is 0.403 e. The van der Waals surface area contributed by atoms with Gasteiger partial charge in [-0.1, -0.05) is 36.9 Å². The van der Waals surface area contributed by atoms with Crippen LogP contribution in [0.2, 0.25) is 0 Å². The zero-order valence-corrected chi connectivity index (χ0v) is 11.7. The van der Waals surface area contributed by atoms with Gasteiger partial charge >= 0.3 is 7.12 Å². The Hall–Kier alpha value is -1.06. The molecule has 0 amide bonds. The molecule has 0 saturated carbocycles. The molecule has 1 aromatic carbocycles. The van der Waals surface area contributed by atoms with Gasteiger partial charge in [-0.25, -0.2) is 0 Å². The molecule has 0 spiro atoms. The summed E-state index contributed by atoms with van der Waals surface area (Å²) in [5.74, 6) is 0. The summed E-state index contributed by atoms with van der Waals surface area (Å²) in [6.07, 6.45) is 2.63. The summed E-state index contributed by atoms with van der Waals surface area (Å²) in [5, 5.41) is 0. The second kappa shape index (κ2) is 4.56. The summed E-state index contributed by atoms with van der Waals surface area (Å²) in [4.78, 5) is 0. The molecule has 0 N–H and O–H groups in total. The summed E-state index contributed by atoms with van der Waals surface area (Å²) in [6, 6.07) is 8.32. The van der Waals surface area contributed by atoms with Crippen molar-refractivity contribution in [2.45, 2.75) is 45.2 Å². The molecule has 18 heavy (non-hydrogen) atoms. The predicted molar refractivity (Wildman–Crippen MR) is 76.3 cm³/mol. The topological polar surface area (TPSA) is 18.5 Å². The van der Waals surface area contributed by atoms with Crippen molar-refractivity contribution in [2.75, 3.05) is 0 Å². The maximum Gasteiger partial charge on any atom is 0.462 e. The minimum atomic E-state index is -0.251. The van der Waals surface area contributed by atoms with E-state index >= 15 is 0 Å². The summed E-state index contributed by atoms with van der Waals surface area (Å²) in [7, 11) is -0.162. The Morgan fingerprint density at radius 1 is 1.06 bits per heavy atom. The SMILES string of the molecule is C=Cc1ccc(CB2OC(C)(C)C(C)(C)O2)cc1. The first-order valence-electron chi connectivity index (χ1n) is 6.41. The predicted octanol–water partition coefficient (Wildman–Crippen LogP) is 3.50. The van der Waals surface area contributed by atoms with Crippen LogP contribution in [0, 0.1) is 0 Å². The molecule has 1 aromatic rings. The van der Waals surface area contributed by atoms with Crippen LogP contribution in [0.4, 0.5) is 0 Å². The highest BCUT2D eigenvalue weighted by atomic mass is 16.7. The molecule has 1 aliphatic rings. The first-order chi connectivity index (χ1) is 8.34. The second-order valence-corrected chi connectivity index (χ2v) is 5.84. The Bertz CT molecular complexity index is 418. The first-order valence-corrected chi connectivity index (χ1v) is 6.41. The maximum absolute atomic E-state index is 5.98. The third-order valence-corrected chi connectivity index (χ3v) is 3.92. The van der Waals surface area contributed by atoms with E-state index in [0.717, 1.165) is 11.9 Å². The quantitative estimate of drug-likeness (QED) is 0.757. The monoisotopic (exact) mass is 244 g/mol. The molecule has 0 aliphatic carbocycles. The number of hydrogen-bond acceptors (Lipinski definition) is 2. The highest BCUT2D eigenvalue weighted by Crippen LogP contribution is 2.37. The van der Waals surface area contributed by atoms with E-state index in [4.69, 9.17) is 9.31 Å². The summed E-state index contributed by atoms with van der Waals surface area (Å²) < 4.78 is 12.0. The number of hydrogen-bond donors (Lipinski definition) is 0. The van der Waals surface area contributed by atoms with E-state index < -0.39 is 0 Å². The lowest BCUT2D eigenvalue weighted by atomic mass is 9.80. The molecule has 0 bridgehead atoms. The van der Waals surface area contributed by atoms with Crippen molar-refractivity contribution in [2.24, 2.45) is 0 Å². The lowest BCUT2D eigenvalue weighted by Crippen LogP contribution is -2.41. The largest absolute Gasteiger partial charge is 0.462 e. The second-order valence-electron chi connectivity index (χ2n) is 5.84. The Balaban J connectivity index is 2.05. The van der Waals surface area contributed by atoms with Crippen molar-refractivity contribution >= 4 is 13.2 Å². The van der Waals surface area contributed by atoms with E-state index in [9.17, 15) is 0 Å². The van der Waals surface area contributed by atoms with Gasteiger partial charge in [0.1, 0.15) is 0 Å². The maximum atomic E-state index is 5.98. The van der Waals surface area contributed by atoms with Gasteiger partial charge in [-0.05, 0) is 38.8 Å². The van der Waals surface area contributed by atoms with Gasteiger partial charge in [0, 0.05) is 6.32 Å². The third-order valence-electron chi connectivity index (χ3n) is 3.92. The number of rotatable bonds is 3. The molecule has 0 radical (unpaired) electrons. The molecule has 2 nitrogen and oxygen atoms in total. The van der Waals surface area contributed by atoms with E-state index in [0.29, 0.717) is 0 Å². The van der Waals surface area contributed by atoms with E-state index in [2.05, 4.69) is 58.5 Å². The van der Waals surface area contributed by atoms with Gasteiger partial charge in [0.15, 0.2) is 0 Å². The van der Waals surface area contributed by atoms with Gasteiger partial charge in [0.25, 0.3) is 0 Å². The van der Waals surface area contributed by atoms with Crippen molar-refractivity contribution in [1.29, 1.82) is 0 Å². The normalized spacial score (nSPS) is 21.0. The van der Waals surface area contributed by atoms with Gasteiger partial charge in [0.2, 0.25) is 0 Å². The van der Waals surface area contributed by atoms with Crippen molar-refractivity contribution in [3.8, 4) is 0 Å². The molecule has 1 aliphatic heterocycles. The zero-order valence-electron chi connectivity index (χ0n) is 11.7. The van der Waals surface area contributed by atoms with Crippen molar-refractivity contribution in [1.82, 2.24) is 0 Å². The van der Waals surface area contributed by atoms with Crippen LogP contribution in [-0.4, -0.2) is 18.3 Å². The van der Waals surface area contributed by atoms with E-state index in [-0.39, 0.29) is 18.3 Å². The minimum Gasteiger partial charge on any atom is -0.403 e. The van der Waals surface area contributed by atoms with Crippen LogP contribution in [0.15, 0.2) is 30.8 Å². The highest BCUT2D eigenvalue weighted by Gasteiger charge is 2.50. The van der Waals surface area contributed by atoms with Crippen LogP contribution in [0.25, 0.3) is 6.08 Å². The summed E-state index contributed by atoms with van der Waals surface area (Å²) in [5.41, 5.74) is 1.85. The molecule has 1 heterocycles. The van der Waals surface area contributed by atoms with Crippen molar-refractivity contribution in [3.63, 3.8) is 0 Å². The molecule has 3 heteroatoms. The van der Waals surface area contributed by atoms with Crippen molar-refractivity contribution in [3.05, 3.63) is 42.0 Å². The standard InChI is InChI=1S/C15H21BO2/c1-6-12-7-9-13(10-8-12)11-16-17-14(2,3)15(4,5)18-16/h6-10H,1,11H2,2-5H3. The van der Waals surface area contributed by atoms with Crippen LogP contribution in [0.5, 0.6) is 0 Å². The fourth-order valence-corrected chi connectivity index (χ4v) is 2.03. The van der Waals surface area contributed by atoms with Gasteiger partial charge in [0.05, 0.1) is 11.2 Å². The minimum absolute atomic E-state index is 0.162. The third kappa shape index (κ3) is 2.52. The molecule has 96 valence electrons. The fraction of sp³-hybridized carbons (Fsp3) is 0.467. The Morgan fingerprint density at radius 3 is 2.00 bits per heavy atom. The summed E-state index contributed by atoms with van der Waals surface area (Å²) in [6.45, 7) is 12.1. The molecule has 0 unspecified atom stereocenters. The average molecular weight is 244 g/mol. The molecule has 1 fully saturated rings. The summed E-state index contributed by atoms with van der Waals surface area (Å²) >= 11 is 0. The van der Waals surface area contributed by atoms with Crippen LogP contribution in [-0.2, 0) is 15.6 Å². The zero-order chi connectivity index (χ0) is 13.4. The molecule has 2 rings (SSSR count). The van der Waals surface area contributed by atoms with Crippen LogP contribution in [0.1, 0.15) is 38.8 Å². The van der Waals surface area contributed by atoms with Gasteiger partial charge in [-0.2, -0.15) is 0 Å². The molecule has 0 aromatic heterocycles. The lowest BCUT2D eigenvalue weighted by molar-refractivity contribution is 0.00578. The van der Waals surface area contributed by atoms with Crippen LogP contribution in [0.3, 0.4) is 0 Å². The lowest BCUT2D eigenvalue weighted by Gasteiger charge is -2.32. The fourth-order valence-electron chi connectivity index (χ4n) is 2.03. The Kier molecular flexibility index (Phi) is 3.39. The molecular formula is C15H21BO2. The first kappa shape index (κ1) is 13.4. The highest BCUT2D eigenvalue weighted by molar-refractivity contribution is 6.45. The van der Waals surface area contributed by atoms with E-state index in [1.807, 2.05) is 6.08 Å². The van der Waals surface area contributed by atoms with Gasteiger partial charge in [-0.3, -0.25) is 0 Å². The molecular weight excluding hydrogens is 223 g/mol. The van der Waals surface area contributed by atoms with Gasteiger partial charge < -0.3 is 9.31 Å². The van der Waals surface area contributed by atoms with E-state index in [1.165, 1.54) is 5.56 Å². The Morgan fingerprint density at radius 2 is 1.56 bits per heavy atom. The van der Waals surface area contributed by atoms with Gasteiger partial charge in [-0.15, -0.1) is 0 Å². The van der Waals surface area contributed by atoms with Crippen LogP contribution < -0.4 is 0 Å². The Labute approximate surface area is 110 Å². The van der Waals surface area contributed by atoms with E-state index in [1.54, 1.807) is 0 Å². The molecule has 0 atom stereocenters. The molecule has 1 saturated heterocycles. The number of benzene rings is 1. The van der Waals surface area contributed by atoms with Crippen LogP contribution >= 0.6 is 0 Å².